The van der Waals surface area contributed by atoms with E-state index in [4.69, 9.17) is 0 Å². The van der Waals surface area contributed by atoms with E-state index in [0.29, 0.717) is 5.69 Å². The molecule has 0 spiro atoms. The molecule has 0 unspecified atom stereocenters. The largest absolute Gasteiger partial charge is 0.464 e. The van der Waals surface area contributed by atoms with Crippen molar-refractivity contribution in [3.8, 4) is 0 Å². The van der Waals surface area contributed by atoms with Gasteiger partial charge in [0.2, 0.25) is 0 Å². The van der Waals surface area contributed by atoms with E-state index in [0.717, 1.165) is 18.5 Å². The fraction of sp³-hybridized carbons (Fsp3) is 0.583. The van der Waals surface area contributed by atoms with Gasteiger partial charge in [-0.25, -0.2) is 4.79 Å². The summed E-state index contributed by atoms with van der Waals surface area (Å²) in [5, 5.41) is 3.42. The molecule has 2 N–H and O–H groups in total. The highest BCUT2D eigenvalue weighted by Crippen LogP contribution is 2.10. The Balaban J connectivity index is 2.56. The molecule has 1 aromatic rings. The number of H-pyrrole nitrogens is 1. The predicted octanol–water partition coefficient (Wildman–Crippen LogP) is 2.08. The normalized spacial score (nSPS) is 11.5. The fourth-order valence-electron chi connectivity index (χ4n) is 1.24. The third-order valence-corrected chi connectivity index (χ3v) is 2.80. The molecule has 0 saturated heterocycles. The van der Waals surface area contributed by atoms with Gasteiger partial charge in [-0.1, -0.05) is 6.92 Å². The molecule has 1 aromatic heterocycles. The van der Waals surface area contributed by atoms with E-state index in [1.165, 1.54) is 7.11 Å². The minimum Gasteiger partial charge on any atom is -0.464 e. The minimum absolute atomic E-state index is 0.114. The third kappa shape index (κ3) is 3.38. The summed E-state index contributed by atoms with van der Waals surface area (Å²) in [6, 6.07) is 1.81. The molecule has 0 aliphatic heterocycles. The zero-order valence-electron chi connectivity index (χ0n) is 10.4. The molecule has 0 bridgehead atoms. The van der Waals surface area contributed by atoms with Crippen LogP contribution in [0.25, 0.3) is 0 Å². The number of rotatable bonds is 5. The van der Waals surface area contributed by atoms with Crippen LogP contribution in [-0.4, -0.2) is 23.6 Å². The Morgan fingerprint density at radius 2 is 2.25 bits per heavy atom. The minimum atomic E-state index is -0.332. The summed E-state index contributed by atoms with van der Waals surface area (Å²) in [5.41, 5.74) is 1.67. The van der Waals surface area contributed by atoms with E-state index in [1.54, 1.807) is 0 Å². The maximum Gasteiger partial charge on any atom is 0.354 e. The number of hydrogen-bond acceptors (Lipinski definition) is 3. The lowest BCUT2D eigenvalue weighted by atomic mass is 10.0. The van der Waals surface area contributed by atoms with Crippen LogP contribution in [0.1, 0.15) is 43.2 Å². The molecule has 4 heteroatoms. The Hall–Kier alpha value is -1.29. The second kappa shape index (κ2) is 5.16. The highest BCUT2D eigenvalue weighted by atomic mass is 16.5. The Morgan fingerprint density at radius 1 is 1.56 bits per heavy atom. The van der Waals surface area contributed by atoms with E-state index in [1.807, 2.05) is 12.3 Å². The number of ether oxygens (including phenoxy) is 1. The van der Waals surface area contributed by atoms with Crippen LogP contribution in [0, 0.1) is 0 Å². The van der Waals surface area contributed by atoms with E-state index in [9.17, 15) is 4.79 Å². The van der Waals surface area contributed by atoms with Gasteiger partial charge in [-0.15, -0.1) is 0 Å². The molecule has 16 heavy (non-hydrogen) atoms. The molecule has 0 aliphatic carbocycles. The number of carbonyl (C=O) groups is 1. The lowest BCUT2D eigenvalue weighted by molar-refractivity contribution is 0.0595. The molecular weight excluding hydrogens is 204 g/mol. The second-order valence-corrected chi connectivity index (χ2v) is 4.50. The third-order valence-electron chi connectivity index (χ3n) is 2.80. The Labute approximate surface area is 96.4 Å². The van der Waals surface area contributed by atoms with Crippen molar-refractivity contribution in [2.45, 2.75) is 39.3 Å². The summed E-state index contributed by atoms with van der Waals surface area (Å²) in [6.45, 7) is 7.19. The van der Waals surface area contributed by atoms with Crippen molar-refractivity contribution < 1.29 is 9.53 Å². The topological polar surface area (TPSA) is 54.1 Å². The summed E-state index contributed by atoms with van der Waals surface area (Å²) in [5.74, 6) is -0.332. The van der Waals surface area contributed by atoms with Crippen LogP contribution in [-0.2, 0) is 11.3 Å². The van der Waals surface area contributed by atoms with Crippen molar-refractivity contribution in [3.05, 3.63) is 23.5 Å². The van der Waals surface area contributed by atoms with Gasteiger partial charge in [-0.05, 0) is 31.9 Å². The Bertz CT molecular complexity index is 356. The lowest BCUT2D eigenvalue weighted by Crippen LogP contribution is -2.37. The molecule has 0 aromatic carbocycles. The van der Waals surface area contributed by atoms with Crippen molar-refractivity contribution in [2.24, 2.45) is 0 Å². The SMILES string of the molecule is CCC(C)(C)NCc1c[nH]c(C(=O)OC)c1. The predicted molar refractivity (Wildman–Crippen MR) is 63.3 cm³/mol. The number of nitrogens with one attached hydrogen (secondary N) is 2. The molecule has 4 nitrogen and oxygen atoms in total. The zero-order valence-corrected chi connectivity index (χ0v) is 10.4. The fourth-order valence-corrected chi connectivity index (χ4v) is 1.24. The summed E-state index contributed by atoms with van der Waals surface area (Å²) in [7, 11) is 1.38. The number of esters is 1. The number of carbonyl (C=O) groups excluding carboxylic acids is 1. The second-order valence-electron chi connectivity index (χ2n) is 4.50. The standard InChI is InChI=1S/C12H20N2O2/c1-5-12(2,3)14-8-9-6-10(13-7-9)11(15)16-4/h6-7,13-14H,5,8H2,1-4H3. The summed E-state index contributed by atoms with van der Waals surface area (Å²) < 4.78 is 4.63. The highest BCUT2D eigenvalue weighted by Gasteiger charge is 2.14. The van der Waals surface area contributed by atoms with Gasteiger partial charge in [0.25, 0.3) is 0 Å². The molecule has 0 amide bonds. The quantitative estimate of drug-likeness (QED) is 0.753. The average Bonchev–Trinajstić information content (AvgIpc) is 2.74. The maximum absolute atomic E-state index is 11.2. The first-order chi connectivity index (χ1) is 7.48. The average molecular weight is 224 g/mol. The van der Waals surface area contributed by atoms with Crippen molar-refractivity contribution in [2.75, 3.05) is 7.11 Å². The number of aromatic amines is 1. The molecule has 90 valence electrons. The number of methoxy groups -OCH3 is 1. The monoisotopic (exact) mass is 224 g/mol. The maximum atomic E-state index is 11.2. The highest BCUT2D eigenvalue weighted by molar-refractivity contribution is 5.87. The first kappa shape index (κ1) is 12.8. The van der Waals surface area contributed by atoms with Crippen LogP contribution in [0.15, 0.2) is 12.3 Å². The number of hydrogen-bond donors (Lipinski definition) is 2. The van der Waals surface area contributed by atoms with Gasteiger partial charge in [-0.2, -0.15) is 0 Å². The zero-order chi connectivity index (χ0) is 12.2. The van der Waals surface area contributed by atoms with Gasteiger partial charge in [-0.3, -0.25) is 0 Å². The molecule has 1 heterocycles. The van der Waals surface area contributed by atoms with Crippen LogP contribution >= 0.6 is 0 Å². The summed E-state index contributed by atoms with van der Waals surface area (Å²) in [4.78, 5) is 14.1. The molecule has 0 radical (unpaired) electrons. The number of aromatic nitrogens is 1. The van der Waals surface area contributed by atoms with Crippen LogP contribution in [0.2, 0.25) is 0 Å². The Kier molecular flexibility index (Phi) is 4.12. The molecule has 0 atom stereocenters. The molecular formula is C12H20N2O2. The van der Waals surface area contributed by atoms with Crippen LogP contribution in [0.3, 0.4) is 0 Å². The van der Waals surface area contributed by atoms with E-state index in [2.05, 4.69) is 35.8 Å². The molecule has 1 rings (SSSR count). The van der Waals surface area contributed by atoms with Gasteiger partial charge >= 0.3 is 5.97 Å². The lowest BCUT2D eigenvalue weighted by Gasteiger charge is -2.24. The summed E-state index contributed by atoms with van der Waals surface area (Å²) >= 11 is 0. The van der Waals surface area contributed by atoms with Crippen molar-refractivity contribution in [1.82, 2.24) is 10.3 Å². The van der Waals surface area contributed by atoms with Crippen LogP contribution in [0.4, 0.5) is 0 Å². The molecule has 0 aliphatic rings. The summed E-state index contributed by atoms with van der Waals surface area (Å²) in [6.07, 6.45) is 2.88. The van der Waals surface area contributed by atoms with Gasteiger partial charge in [0, 0.05) is 18.3 Å². The van der Waals surface area contributed by atoms with Crippen molar-refractivity contribution in [1.29, 1.82) is 0 Å². The van der Waals surface area contributed by atoms with Crippen molar-refractivity contribution in [3.63, 3.8) is 0 Å². The van der Waals surface area contributed by atoms with Gasteiger partial charge in [0.15, 0.2) is 0 Å². The first-order valence-corrected chi connectivity index (χ1v) is 5.49. The van der Waals surface area contributed by atoms with Gasteiger partial charge < -0.3 is 15.0 Å². The van der Waals surface area contributed by atoms with E-state index in [-0.39, 0.29) is 11.5 Å². The molecule has 0 fully saturated rings. The van der Waals surface area contributed by atoms with Gasteiger partial charge in [0.05, 0.1) is 7.11 Å². The van der Waals surface area contributed by atoms with E-state index < -0.39 is 0 Å². The van der Waals surface area contributed by atoms with Crippen LogP contribution < -0.4 is 5.32 Å². The molecule has 0 saturated carbocycles. The smallest absolute Gasteiger partial charge is 0.354 e. The van der Waals surface area contributed by atoms with Gasteiger partial charge in [0.1, 0.15) is 5.69 Å². The van der Waals surface area contributed by atoms with E-state index >= 15 is 0 Å². The Morgan fingerprint density at radius 3 is 2.81 bits per heavy atom. The first-order valence-electron chi connectivity index (χ1n) is 5.49. The van der Waals surface area contributed by atoms with Crippen LogP contribution in [0.5, 0.6) is 0 Å². The van der Waals surface area contributed by atoms with Crippen molar-refractivity contribution >= 4 is 5.97 Å².